The molecule has 204 valence electrons. The van der Waals surface area contributed by atoms with E-state index in [1.54, 1.807) is 48.0 Å². The van der Waals surface area contributed by atoms with Crippen LogP contribution in [0.15, 0.2) is 59.9 Å². The summed E-state index contributed by atoms with van der Waals surface area (Å²) in [4.78, 5) is 30.0. The summed E-state index contributed by atoms with van der Waals surface area (Å²) in [5.74, 6) is 1.24. The minimum absolute atomic E-state index is 0.152. The number of thiophene rings is 1. The number of carbonyl (C=O) groups is 1. The van der Waals surface area contributed by atoms with E-state index in [1.165, 1.54) is 5.56 Å². The summed E-state index contributed by atoms with van der Waals surface area (Å²) in [5.41, 5.74) is 5.13. The van der Waals surface area contributed by atoms with Crippen LogP contribution in [0.3, 0.4) is 0 Å². The molecule has 0 radical (unpaired) electrons. The van der Waals surface area contributed by atoms with Gasteiger partial charge >= 0.3 is 6.03 Å². The Bertz CT molecular complexity index is 1400. The second kappa shape index (κ2) is 12.3. The first-order valence-electron chi connectivity index (χ1n) is 13.0. The molecule has 0 bridgehead atoms. The molecule has 0 atom stereocenters. The van der Waals surface area contributed by atoms with E-state index in [-0.39, 0.29) is 6.03 Å². The minimum Gasteiger partial charge on any atom is -0.386 e. The topological polar surface area (TPSA) is 91.2 Å². The van der Waals surface area contributed by atoms with Crippen LogP contribution >= 0.6 is 23.1 Å². The number of hydrogen-bond donors (Lipinski definition) is 2. The number of nitrogens with zero attached hydrogens (tertiary/aromatic N) is 4. The highest BCUT2D eigenvalue weighted by Crippen LogP contribution is 2.41. The zero-order valence-corrected chi connectivity index (χ0v) is 24.9. The molecule has 0 saturated carbocycles. The summed E-state index contributed by atoms with van der Waals surface area (Å²) in [6, 6.07) is 15.9. The fourth-order valence-corrected chi connectivity index (χ4v) is 6.36. The molecule has 39 heavy (non-hydrogen) atoms. The van der Waals surface area contributed by atoms with Gasteiger partial charge in [-0.25, -0.2) is 19.7 Å². The molecular formula is C30H35N5O2S2. The maximum absolute atomic E-state index is 12.4. The molecule has 4 aromatic rings. The van der Waals surface area contributed by atoms with Gasteiger partial charge in [-0.15, -0.1) is 11.3 Å². The molecule has 0 spiro atoms. The van der Waals surface area contributed by atoms with E-state index < -0.39 is 5.60 Å². The Morgan fingerprint density at radius 2 is 1.64 bits per heavy atom. The quantitative estimate of drug-likeness (QED) is 0.165. The van der Waals surface area contributed by atoms with Gasteiger partial charge in [-0.05, 0) is 82.5 Å². The standard InChI is InChI=1S/C30H35N5O2S2/c1-7-35(8-2)29(36)34-26-14-11-22(17-31-26)25-16-23(18-38-28-32-19(3)15-20(4)33-28)27(39-25)21-9-12-24(13-10-21)30(5,6)37/h9-17,37H,7-8,18H2,1-6H3,(H,31,34,36). The van der Waals surface area contributed by atoms with Gasteiger partial charge in [-0.3, -0.25) is 5.32 Å². The zero-order chi connectivity index (χ0) is 28.2. The van der Waals surface area contributed by atoms with Gasteiger partial charge in [0.25, 0.3) is 0 Å². The number of aryl methyl sites for hydroxylation is 2. The van der Waals surface area contributed by atoms with Crippen molar-refractivity contribution >= 4 is 34.9 Å². The fraction of sp³-hybridized carbons (Fsp3) is 0.333. The molecule has 4 rings (SSSR count). The molecule has 0 aliphatic heterocycles. The number of amides is 2. The van der Waals surface area contributed by atoms with Crippen LogP contribution in [-0.4, -0.2) is 44.1 Å². The lowest BCUT2D eigenvalue weighted by molar-refractivity contribution is 0.0786. The van der Waals surface area contributed by atoms with Crippen molar-refractivity contribution < 1.29 is 9.90 Å². The van der Waals surface area contributed by atoms with Crippen LogP contribution in [0, 0.1) is 13.8 Å². The molecule has 0 fully saturated rings. The third-order valence-corrected chi connectivity index (χ3v) is 8.49. The number of pyridine rings is 1. The molecule has 0 aliphatic carbocycles. The van der Waals surface area contributed by atoms with E-state index in [9.17, 15) is 9.90 Å². The summed E-state index contributed by atoms with van der Waals surface area (Å²) in [5, 5.41) is 14.0. The van der Waals surface area contributed by atoms with Gasteiger partial charge in [0.1, 0.15) is 5.82 Å². The van der Waals surface area contributed by atoms with E-state index in [2.05, 4.69) is 38.5 Å². The van der Waals surface area contributed by atoms with Crippen molar-refractivity contribution in [1.29, 1.82) is 0 Å². The maximum atomic E-state index is 12.4. The van der Waals surface area contributed by atoms with Crippen LogP contribution in [0.25, 0.3) is 20.9 Å². The third kappa shape index (κ3) is 7.23. The first-order chi connectivity index (χ1) is 18.6. The Labute approximate surface area is 238 Å². The van der Waals surface area contributed by atoms with Crippen LogP contribution in [0.4, 0.5) is 10.6 Å². The number of anilines is 1. The summed E-state index contributed by atoms with van der Waals surface area (Å²) in [6.45, 7) is 12.7. The van der Waals surface area contributed by atoms with Crippen molar-refractivity contribution in [2.75, 3.05) is 18.4 Å². The molecule has 0 aliphatic rings. The SMILES string of the molecule is CCN(CC)C(=O)Nc1ccc(-c2cc(CSc3nc(C)cc(C)n3)c(-c3ccc(C(C)(C)O)cc3)s2)cn1. The van der Waals surface area contributed by atoms with Crippen LogP contribution in [0.1, 0.15) is 50.2 Å². The predicted octanol–water partition coefficient (Wildman–Crippen LogP) is 7.28. The molecule has 0 saturated heterocycles. The molecule has 0 unspecified atom stereocenters. The number of urea groups is 1. The van der Waals surface area contributed by atoms with Gasteiger partial charge in [0.15, 0.2) is 5.16 Å². The largest absolute Gasteiger partial charge is 0.386 e. The fourth-order valence-electron chi connectivity index (χ4n) is 4.17. The molecule has 7 nitrogen and oxygen atoms in total. The van der Waals surface area contributed by atoms with Gasteiger partial charge in [-0.1, -0.05) is 36.0 Å². The zero-order valence-electron chi connectivity index (χ0n) is 23.3. The molecule has 9 heteroatoms. The molecule has 3 heterocycles. The Hall–Kier alpha value is -3.27. The predicted molar refractivity (Wildman–Crippen MR) is 161 cm³/mol. The van der Waals surface area contributed by atoms with Crippen molar-refractivity contribution in [2.24, 2.45) is 0 Å². The van der Waals surface area contributed by atoms with E-state index in [1.807, 2.05) is 58.0 Å². The van der Waals surface area contributed by atoms with Crippen LogP contribution < -0.4 is 5.32 Å². The number of benzene rings is 1. The smallest absolute Gasteiger partial charge is 0.322 e. The number of carbonyl (C=O) groups excluding carboxylic acids is 1. The minimum atomic E-state index is -0.897. The molecule has 3 aromatic heterocycles. The van der Waals surface area contributed by atoms with E-state index in [4.69, 9.17) is 0 Å². The van der Waals surface area contributed by atoms with Crippen molar-refractivity contribution in [3.05, 3.63) is 77.2 Å². The first-order valence-corrected chi connectivity index (χ1v) is 14.8. The van der Waals surface area contributed by atoms with Crippen molar-refractivity contribution in [3.63, 3.8) is 0 Å². The highest BCUT2D eigenvalue weighted by Gasteiger charge is 2.18. The number of rotatable bonds is 9. The molecular weight excluding hydrogens is 526 g/mol. The average Bonchev–Trinajstić information content (AvgIpc) is 3.32. The van der Waals surface area contributed by atoms with Gasteiger partial charge < -0.3 is 10.0 Å². The summed E-state index contributed by atoms with van der Waals surface area (Å²) >= 11 is 3.32. The molecule has 2 N–H and O–H groups in total. The van der Waals surface area contributed by atoms with Crippen LogP contribution in [0.5, 0.6) is 0 Å². The number of hydrogen-bond acceptors (Lipinski definition) is 7. The Balaban J connectivity index is 1.63. The average molecular weight is 562 g/mol. The number of thioether (sulfide) groups is 1. The van der Waals surface area contributed by atoms with E-state index in [0.29, 0.717) is 24.7 Å². The van der Waals surface area contributed by atoms with Gasteiger partial charge in [0, 0.05) is 51.7 Å². The second-order valence-corrected chi connectivity index (χ2v) is 11.9. The van der Waals surface area contributed by atoms with Crippen molar-refractivity contribution in [2.45, 2.75) is 58.1 Å². The maximum Gasteiger partial charge on any atom is 0.322 e. The summed E-state index contributed by atoms with van der Waals surface area (Å²) in [6.07, 6.45) is 1.80. The Kier molecular flexibility index (Phi) is 9.04. The molecule has 2 amide bonds. The lowest BCUT2D eigenvalue weighted by Gasteiger charge is -2.18. The monoisotopic (exact) mass is 561 g/mol. The summed E-state index contributed by atoms with van der Waals surface area (Å²) in [7, 11) is 0. The first kappa shape index (κ1) is 28.7. The van der Waals surface area contributed by atoms with Crippen LogP contribution in [0.2, 0.25) is 0 Å². The lowest BCUT2D eigenvalue weighted by atomic mass is 9.97. The number of aromatic nitrogens is 3. The van der Waals surface area contributed by atoms with Crippen LogP contribution in [-0.2, 0) is 11.4 Å². The lowest BCUT2D eigenvalue weighted by Crippen LogP contribution is -2.34. The number of aliphatic hydroxyl groups is 1. The van der Waals surface area contributed by atoms with Gasteiger partial charge in [0.05, 0.1) is 5.60 Å². The molecule has 1 aromatic carbocycles. The Morgan fingerprint density at radius 3 is 2.21 bits per heavy atom. The number of nitrogens with one attached hydrogen (secondary N) is 1. The Morgan fingerprint density at radius 1 is 1.00 bits per heavy atom. The van der Waals surface area contributed by atoms with Gasteiger partial charge in [-0.2, -0.15) is 0 Å². The summed E-state index contributed by atoms with van der Waals surface area (Å²) < 4.78 is 0. The van der Waals surface area contributed by atoms with Crippen molar-refractivity contribution in [1.82, 2.24) is 19.9 Å². The third-order valence-electron chi connectivity index (χ3n) is 6.31. The van der Waals surface area contributed by atoms with Crippen molar-refractivity contribution in [3.8, 4) is 20.9 Å². The van der Waals surface area contributed by atoms with Gasteiger partial charge in [0.2, 0.25) is 0 Å². The normalized spacial score (nSPS) is 11.5. The highest BCUT2D eigenvalue weighted by molar-refractivity contribution is 7.98. The second-order valence-electron chi connectivity index (χ2n) is 9.86. The highest BCUT2D eigenvalue weighted by atomic mass is 32.2. The van der Waals surface area contributed by atoms with E-state index in [0.717, 1.165) is 43.0 Å². The van der Waals surface area contributed by atoms with E-state index >= 15 is 0 Å².